The quantitative estimate of drug-likeness (QED) is 0.526. The molecule has 1 aliphatic rings. The van der Waals surface area contributed by atoms with E-state index in [0.717, 1.165) is 39.8 Å². The van der Waals surface area contributed by atoms with Gasteiger partial charge >= 0.3 is 0 Å². The SMILES string of the molecule is COc1cc2c(cc1-c1ccc(C(=O)NCCCSC)s1)C(C)(C)CCC2(C)C. The van der Waals surface area contributed by atoms with Crippen molar-refractivity contribution in [2.45, 2.75) is 57.8 Å². The molecule has 1 aromatic heterocycles. The number of carbonyl (C=O) groups is 1. The van der Waals surface area contributed by atoms with Gasteiger partial charge in [0.25, 0.3) is 5.91 Å². The number of hydrogen-bond donors (Lipinski definition) is 1. The van der Waals surface area contributed by atoms with Crippen molar-refractivity contribution < 1.29 is 9.53 Å². The molecule has 5 heteroatoms. The van der Waals surface area contributed by atoms with E-state index < -0.39 is 0 Å². The summed E-state index contributed by atoms with van der Waals surface area (Å²) in [5, 5.41) is 3.03. The maximum Gasteiger partial charge on any atom is 0.261 e. The van der Waals surface area contributed by atoms with Gasteiger partial charge in [0.1, 0.15) is 5.75 Å². The van der Waals surface area contributed by atoms with Crippen LogP contribution in [0.4, 0.5) is 0 Å². The fourth-order valence-electron chi connectivity index (χ4n) is 4.07. The monoisotopic (exact) mass is 431 g/mol. The molecule has 0 radical (unpaired) electrons. The highest BCUT2D eigenvalue weighted by Gasteiger charge is 2.38. The van der Waals surface area contributed by atoms with Crippen LogP contribution in [0, 0.1) is 0 Å². The van der Waals surface area contributed by atoms with Crippen molar-refractivity contribution in [3.63, 3.8) is 0 Å². The predicted octanol–water partition coefficient (Wildman–Crippen LogP) is 6.26. The normalized spacial score (nSPS) is 16.9. The summed E-state index contributed by atoms with van der Waals surface area (Å²) in [5.41, 5.74) is 4.16. The summed E-state index contributed by atoms with van der Waals surface area (Å²) in [6.45, 7) is 10.0. The zero-order valence-electron chi connectivity index (χ0n) is 18.5. The van der Waals surface area contributed by atoms with Crippen LogP contribution in [0.1, 0.15) is 67.8 Å². The van der Waals surface area contributed by atoms with Gasteiger partial charge in [0.05, 0.1) is 12.0 Å². The molecule has 1 N–H and O–H groups in total. The minimum Gasteiger partial charge on any atom is -0.496 e. The van der Waals surface area contributed by atoms with Gasteiger partial charge in [0, 0.05) is 17.0 Å². The largest absolute Gasteiger partial charge is 0.496 e. The van der Waals surface area contributed by atoms with E-state index in [0.29, 0.717) is 0 Å². The van der Waals surface area contributed by atoms with Gasteiger partial charge < -0.3 is 10.1 Å². The van der Waals surface area contributed by atoms with Gasteiger partial charge in [-0.3, -0.25) is 4.79 Å². The second-order valence-corrected chi connectivity index (χ2v) is 11.2. The van der Waals surface area contributed by atoms with Crippen LogP contribution in [0.15, 0.2) is 24.3 Å². The van der Waals surface area contributed by atoms with Crippen molar-refractivity contribution in [2.24, 2.45) is 0 Å². The lowest BCUT2D eigenvalue weighted by atomic mass is 9.63. The van der Waals surface area contributed by atoms with E-state index >= 15 is 0 Å². The lowest BCUT2D eigenvalue weighted by molar-refractivity contribution is 0.0958. The summed E-state index contributed by atoms with van der Waals surface area (Å²) in [6.07, 6.45) is 5.43. The molecule has 1 amide bonds. The maximum atomic E-state index is 12.5. The van der Waals surface area contributed by atoms with Crippen LogP contribution >= 0.6 is 23.1 Å². The molecule has 0 aliphatic heterocycles. The lowest BCUT2D eigenvalue weighted by Crippen LogP contribution is -2.33. The third-order valence-corrected chi connectivity index (χ3v) is 7.89. The molecule has 158 valence electrons. The molecular formula is C24H33NO2S2. The van der Waals surface area contributed by atoms with Crippen LogP contribution in [0.5, 0.6) is 5.75 Å². The van der Waals surface area contributed by atoms with Gasteiger partial charge in [-0.15, -0.1) is 11.3 Å². The van der Waals surface area contributed by atoms with Gasteiger partial charge in [-0.1, -0.05) is 27.7 Å². The molecule has 0 saturated heterocycles. The third kappa shape index (κ3) is 4.66. The highest BCUT2D eigenvalue weighted by Crippen LogP contribution is 2.49. The number of thioether (sulfide) groups is 1. The van der Waals surface area contributed by atoms with Crippen molar-refractivity contribution >= 4 is 29.0 Å². The van der Waals surface area contributed by atoms with E-state index in [1.54, 1.807) is 30.2 Å². The van der Waals surface area contributed by atoms with Crippen molar-refractivity contribution in [1.29, 1.82) is 0 Å². The fraction of sp³-hybridized carbons (Fsp3) is 0.542. The molecule has 3 nitrogen and oxygen atoms in total. The molecule has 1 aromatic carbocycles. The van der Waals surface area contributed by atoms with Crippen LogP contribution in [0.3, 0.4) is 0 Å². The van der Waals surface area contributed by atoms with Crippen molar-refractivity contribution in [3.8, 4) is 16.2 Å². The first kappa shape index (κ1) is 22.2. The number of benzene rings is 1. The number of hydrogen-bond acceptors (Lipinski definition) is 4. The van der Waals surface area contributed by atoms with E-state index in [9.17, 15) is 4.79 Å². The summed E-state index contributed by atoms with van der Waals surface area (Å²) in [5.74, 6) is 1.97. The van der Waals surface area contributed by atoms with Gasteiger partial charge in [0.2, 0.25) is 0 Å². The van der Waals surface area contributed by atoms with Crippen molar-refractivity contribution in [2.75, 3.05) is 25.7 Å². The van der Waals surface area contributed by atoms with Crippen LogP contribution in [-0.2, 0) is 10.8 Å². The number of ether oxygens (including phenoxy) is 1. The Bertz CT molecular complexity index is 883. The van der Waals surface area contributed by atoms with Gasteiger partial charge in [-0.05, 0) is 77.5 Å². The minimum absolute atomic E-state index is 0.0146. The average Bonchev–Trinajstić information content (AvgIpc) is 3.18. The molecule has 3 rings (SSSR count). The second kappa shape index (κ2) is 8.73. The molecule has 2 aromatic rings. The number of fused-ring (bicyclic) bond motifs is 1. The molecule has 0 spiro atoms. The molecule has 1 aliphatic carbocycles. The van der Waals surface area contributed by atoms with Gasteiger partial charge in [-0.2, -0.15) is 11.8 Å². The van der Waals surface area contributed by atoms with Crippen molar-refractivity contribution in [1.82, 2.24) is 5.32 Å². The van der Waals surface area contributed by atoms with Crippen LogP contribution < -0.4 is 10.1 Å². The molecule has 0 bridgehead atoms. The molecule has 1 heterocycles. The zero-order chi connectivity index (χ0) is 21.2. The Labute approximate surface area is 183 Å². The van der Waals surface area contributed by atoms with Gasteiger partial charge in [-0.25, -0.2) is 0 Å². The summed E-state index contributed by atoms with van der Waals surface area (Å²) < 4.78 is 5.79. The van der Waals surface area contributed by atoms with E-state index in [2.05, 4.69) is 51.4 Å². The van der Waals surface area contributed by atoms with Crippen LogP contribution in [-0.4, -0.2) is 31.6 Å². The summed E-state index contributed by atoms with van der Waals surface area (Å²) >= 11 is 3.34. The molecule has 0 saturated carbocycles. The van der Waals surface area contributed by atoms with Crippen LogP contribution in [0.25, 0.3) is 10.4 Å². The minimum atomic E-state index is 0.0146. The highest BCUT2D eigenvalue weighted by molar-refractivity contribution is 7.98. The standard InChI is InChI=1S/C24H33NO2S2/c1-23(2)10-11-24(3,4)18-15-19(27-5)16(14-17(18)23)20-8-9-21(29-20)22(26)25-12-7-13-28-6/h8-9,14-15H,7,10-13H2,1-6H3,(H,25,26). The van der Waals surface area contributed by atoms with Crippen molar-refractivity contribution in [3.05, 3.63) is 40.3 Å². The Balaban J connectivity index is 1.94. The Kier molecular flexibility index (Phi) is 6.69. The van der Waals surface area contributed by atoms with E-state index in [1.165, 1.54) is 24.0 Å². The first-order chi connectivity index (χ1) is 13.7. The Morgan fingerprint density at radius 1 is 1.14 bits per heavy atom. The van der Waals surface area contributed by atoms with Crippen LogP contribution in [0.2, 0.25) is 0 Å². The smallest absolute Gasteiger partial charge is 0.261 e. The first-order valence-corrected chi connectivity index (χ1v) is 12.5. The molecule has 0 atom stereocenters. The number of rotatable bonds is 7. The third-order valence-electron chi connectivity index (χ3n) is 6.08. The summed E-state index contributed by atoms with van der Waals surface area (Å²) in [4.78, 5) is 14.3. The Morgan fingerprint density at radius 3 is 2.41 bits per heavy atom. The zero-order valence-corrected chi connectivity index (χ0v) is 20.1. The first-order valence-electron chi connectivity index (χ1n) is 10.3. The molecule has 29 heavy (non-hydrogen) atoms. The fourth-order valence-corrected chi connectivity index (χ4v) is 5.44. The van der Waals surface area contributed by atoms with E-state index in [1.807, 2.05) is 12.1 Å². The molecule has 0 fully saturated rings. The Morgan fingerprint density at radius 2 is 1.79 bits per heavy atom. The average molecular weight is 432 g/mol. The van der Waals surface area contributed by atoms with Gasteiger partial charge in [0.15, 0.2) is 0 Å². The number of carbonyl (C=O) groups excluding carboxylic acids is 1. The maximum absolute atomic E-state index is 12.5. The molecule has 0 unspecified atom stereocenters. The second-order valence-electron chi connectivity index (χ2n) is 9.13. The van der Waals surface area contributed by atoms with E-state index in [4.69, 9.17) is 4.74 Å². The lowest BCUT2D eigenvalue weighted by Gasteiger charge is -2.42. The molecular weight excluding hydrogens is 398 g/mol. The summed E-state index contributed by atoms with van der Waals surface area (Å²) in [7, 11) is 1.74. The number of methoxy groups -OCH3 is 1. The summed E-state index contributed by atoms with van der Waals surface area (Å²) in [6, 6.07) is 8.51. The number of thiophene rings is 1. The highest BCUT2D eigenvalue weighted by atomic mass is 32.2. The number of nitrogens with one attached hydrogen (secondary N) is 1. The Hall–Kier alpha value is -1.46. The number of amides is 1. The van der Waals surface area contributed by atoms with E-state index in [-0.39, 0.29) is 16.7 Å². The topological polar surface area (TPSA) is 38.3 Å². The predicted molar refractivity (Wildman–Crippen MR) is 127 cm³/mol.